The topological polar surface area (TPSA) is 99.7 Å². The van der Waals surface area contributed by atoms with Crippen LogP contribution in [-0.2, 0) is 21.2 Å². The molecule has 3 N–H and O–H groups in total. The number of nitrogens with zero attached hydrogens (tertiary/aromatic N) is 1. The number of hydrogen-bond acceptors (Lipinski definition) is 4. The summed E-state index contributed by atoms with van der Waals surface area (Å²) in [5.41, 5.74) is 0.132. The SMILES string of the molecule is CCNC(=NCc1cc(F)ccc1F)NCCC(=O)NC1CCS(=O)(=O)C1.I. The van der Waals surface area contributed by atoms with Gasteiger partial charge < -0.3 is 16.0 Å². The van der Waals surface area contributed by atoms with Gasteiger partial charge in [-0.05, 0) is 31.5 Å². The van der Waals surface area contributed by atoms with Gasteiger partial charge in [0.15, 0.2) is 15.8 Å². The maximum Gasteiger partial charge on any atom is 0.222 e. The van der Waals surface area contributed by atoms with Gasteiger partial charge in [-0.15, -0.1) is 24.0 Å². The molecule has 1 aliphatic heterocycles. The van der Waals surface area contributed by atoms with E-state index in [9.17, 15) is 22.0 Å². The predicted molar refractivity (Wildman–Crippen MR) is 114 cm³/mol. The van der Waals surface area contributed by atoms with E-state index in [1.807, 2.05) is 6.92 Å². The van der Waals surface area contributed by atoms with E-state index >= 15 is 0 Å². The number of aliphatic imine (C=N–C) groups is 1. The monoisotopic (exact) mass is 530 g/mol. The highest BCUT2D eigenvalue weighted by Gasteiger charge is 2.28. The van der Waals surface area contributed by atoms with Crippen molar-refractivity contribution in [2.75, 3.05) is 24.6 Å². The van der Waals surface area contributed by atoms with Gasteiger partial charge in [-0.2, -0.15) is 0 Å². The first kappa shape index (κ1) is 24.5. The van der Waals surface area contributed by atoms with Gasteiger partial charge in [0.05, 0.1) is 18.1 Å². The van der Waals surface area contributed by atoms with Crippen molar-refractivity contribution >= 4 is 45.7 Å². The Bertz CT molecular complexity index is 806. The van der Waals surface area contributed by atoms with Gasteiger partial charge in [0, 0.05) is 31.1 Å². The van der Waals surface area contributed by atoms with Crippen LogP contribution >= 0.6 is 24.0 Å². The number of hydrogen-bond donors (Lipinski definition) is 3. The fraction of sp³-hybridized carbons (Fsp3) is 0.529. The lowest BCUT2D eigenvalue weighted by atomic mass is 10.2. The highest BCUT2D eigenvalue weighted by Crippen LogP contribution is 2.11. The Hall–Kier alpha value is -1.50. The molecule has 1 heterocycles. The Kier molecular flexibility index (Phi) is 10.1. The maximum absolute atomic E-state index is 13.6. The minimum Gasteiger partial charge on any atom is -0.357 e. The Morgan fingerprint density at radius 2 is 2.04 bits per heavy atom. The largest absolute Gasteiger partial charge is 0.357 e. The molecule has 0 saturated carbocycles. The van der Waals surface area contributed by atoms with Gasteiger partial charge in [-0.1, -0.05) is 0 Å². The summed E-state index contributed by atoms with van der Waals surface area (Å²) in [6.45, 7) is 2.63. The van der Waals surface area contributed by atoms with Crippen molar-refractivity contribution in [1.82, 2.24) is 16.0 Å². The molecule has 1 aromatic carbocycles. The van der Waals surface area contributed by atoms with E-state index < -0.39 is 21.5 Å². The minimum absolute atomic E-state index is 0. The third-order valence-corrected chi connectivity index (χ3v) is 5.77. The summed E-state index contributed by atoms with van der Waals surface area (Å²) in [5, 5.41) is 8.60. The molecule has 11 heteroatoms. The van der Waals surface area contributed by atoms with Crippen LogP contribution in [0.4, 0.5) is 8.78 Å². The second-order valence-corrected chi connectivity index (χ2v) is 8.50. The number of halogens is 3. The van der Waals surface area contributed by atoms with Crippen molar-refractivity contribution in [2.45, 2.75) is 32.4 Å². The average molecular weight is 530 g/mol. The molecule has 1 atom stereocenters. The molecule has 2 rings (SSSR count). The van der Waals surface area contributed by atoms with Crippen LogP contribution in [0.25, 0.3) is 0 Å². The van der Waals surface area contributed by atoms with Crippen molar-refractivity contribution in [3.8, 4) is 0 Å². The van der Waals surface area contributed by atoms with E-state index in [4.69, 9.17) is 0 Å². The van der Waals surface area contributed by atoms with Gasteiger partial charge in [0.25, 0.3) is 0 Å². The number of guanidine groups is 1. The summed E-state index contributed by atoms with van der Waals surface area (Å²) < 4.78 is 49.6. The molecule has 1 amide bonds. The predicted octanol–water partition coefficient (Wildman–Crippen LogP) is 1.33. The zero-order valence-corrected chi connectivity index (χ0v) is 18.7. The minimum atomic E-state index is -3.04. The van der Waals surface area contributed by atoms with Crippen LogP contribution in [0.2, 0.25) is 0 Å². The Labute approximate surface area is 180 Å². The molecule has 0 aliphatic carbocycles. The summed E-state index contributed by atoms with van der Waals surface area (Å²) in [5.74, 6) is -0.874. The normalized spacial score (nSPS) is 18.2. The van der Waals surface area contributed by atoms with E-state index in [2.05, 4.69) is 20.9 Å². The number of sulfone groups is 1. The summed E-state index contributed by atoms with van der Waals surface area (Å²) in [6.07, 6.45) is 0.570. The molecular formula is C17H25F2IN4O3S. The fourth-order valence-electron chi connectivity index (χ4n) is 2.67. The molecule has 7 nitrogen and oxygen atoms in total. The van der Waals surface area contributed by atoms with E-state index in [0.717, 1.165) is 18.2 Å². The summed E-state index contributed by atoms with van der Waals surface area (Å²) in [7, 11) is -3.04. The van der Waals surface area contributed by atoms with E-state index in [0.29, 0.717) is 18.9 Å². The van der Waals surface area contributed by atoms with Crippen LogP contribution in [0.1, 0.15) is 25.3 Å². The van der Waals surface area contributed by atoms with Gasteiger partial charge in [0.2, 0.25) is 5.91 Å². The number of carbonyl (C=O) groups excluding carboxylic acids is 1. The molecule has 1 unspecified atom stereocenters. The molecular weight excluding hydrogens is 505 g/mol. The quantitative estimate of drug-likeness (QED) is 0.281. The molecule has 28 heavy (non-hydrogen) atoms. The molecule has 0 spiro atoms. The van der Waals surface area contributed by atoms with Gasteiger partial charge in [0.1, 0.15) is 11.6 Å². The van der Waals surface area contributed by atoms with Crippen LogP contribution < -0.4 is 16.0 Å². The standard InChI is InChI=1S/C17H24F2N4O3S.HI/c1-2-20-17(22-10-12-9-13(18)3-4-15(12)19)21-7-5-16(24)23-14-6-8-27(25,26)11-14;/h3-4,9,14H,2,5-8,10-11H2,1H3,(H,23,24)(H2,20,21,22);1H. The van der Waals surface area contributed by atoms with Crippen molar-refractivity contribution in [3.05, 3.63) is 35.4 Å². The second-order valence-electron chi connectivity index (χ2n) is 6.28. The summed E-state index contributed by atoms with van der Waals surface area (Å²) >= 11 is 0. The molecule has 0 aromatic heterocycles. The first-order chi connectivity index (χ1) is 12.8. The van der Waals surface area contributed by atoms with Crippen LogP contribution in [-0.4, -0.2) is 50.9 Å². The zero-order chi connectivity index (χ0) is 19.9. The lowest BCUT2D eigenvalue weighted by molar-refractivity contribution is -0.121. The van der Waals surface area contributed by atoms with Crippen LogP contribution in [0.15, 0.2) is 23.2 Å². The number of nitrogens with one attached hydrogen (secondary N) is 3. The van der Waals surface area contributed by atoms with Gasteiger partial charge >= 0.3 is 0 Å². The van der Waals surface area contributed by atoms with Gasteiger partial charge in [-0.3, -0.25) is 4.79 Å². The number of amides is 1. The molecule has 1 aliphatic rings. The second kappa shape index (κ2) is 11.5. The number of benzene rings is 1. The molecule has 0 bridgehead atoms. The fourth-order valence-corrected chi connectivity index (χ4v) is 4.35. The van der Waals surface area contributed by atoms with Crippen LogP contribution in [0.5, 0.6) is 0 Å². The van der Waals surface area contributed by atoms with Crippen LogP contribution in [0.3, 0.4) is 0 Å². The smallest absolute Gasteiger partial charge is 0.222 e. The Morgan fingerprint density at radius 3 is 2.68 bits per heavy atom. The zero-order valence-electron chi connectivity index (χ0n) is 15.5. The maximum atomic E-state index is 13.6. The lowest BCUT2D eigenvalue weighted by Crippen LogP contribution is -2.41. The Balaban J connectivity index is 0.00000392. The van der Waals surface area contributed by atoms with E-state index in [-0.39, 0.29) is 72.5 Å². The van der Waals surface area contributed by atoms with Crippen molar-refractivity contribution in [1.29, 1.82) is 0 Å². The number of rotatable bonds is 7. The first-order valence-corrected chi connectivity index (χ1v) is 10.6. The van der Waals surface area contributed by atoms with Crippen molar-refractivity contribution in [2.24, 2.45) is 4.99 Å². The highest BCUT2D eigenvalue weighted by atomic mass is 127. The molecule has 0 radical (unpaired) electrons. The van der Waals surface area contributed by atoms with Crippen molar-refractivity contribution in [3.63, 3.8) is 0 Å². The average Bonchev–Trinajstić information content (AvgIpc) is 2.93. The first-order valence-electron chi connectivity index (χ1n) is 8.75. The molecule has 1 aromatic rings. The third-order valence-electron chi connectivity index (χ3n) is 4.00. The summed E-state index contributed by atoms with van der Waals surface area (Å²) in [4.78, 5) is 16.1. The lowest BCUT2D eigenvalue weighted by Gasteiger charge is -2.13. The molecule has 158 valence electrons. The van der Waals surface area contributed by atoms with E-state index in [1.165, 1.54) is 0 Å². The molecule has 1 saturated heterocycles. The highest BCUT2D eigenvalue weighted by molar-refractivity contribution is 14.0. The van der Waals surface area contributed by atoms with Crippen LogP contribution in [0, 0.1) is 11.6 Å². The number of carbonyl (C=O) groups is 1. The summed E-state index contributed by atoms with van der Waals surface area (Å²) in [6, 6.07) is 2.85. The van der Waals surface area contributed by atoms with Crippen molar-refractivity contribution < 1.29 is 22.0 Å². The third kappa shape index (κ3) is 8.25. The Morgan fingerprint density at radius 1 is 1.29 bits per heavy atom. The van der Waals surface area contributed by atoms with E-state index in [1.54, 1.807) is 0 Å². The van der Waals surface area contributed by atoms with Gasteiger partial charge in [-0.25, -0.2) is 22.2 Å². The molecule has 1 fully saturated rings.